The van der Waals surface area contributed by atoms with Crippen LogP contribution in [0.1, 0.15) is 25.0 Å². The molecule has 2 heteroatoms. The van der Waals surface area contributed by atoms with Gasteiger partial charge in [0.25, 0.3) is 0 Å². The van der Waals surface area contributed by atoms with E-state index in [1.165, 1.54) is 5.56 Å². The number of rotatable bonds is 4. The van der Waals surface area contributed by atoms with Gasteiger partial charge in [-0.2, -0.15) is 0 Å². The lowest BCUT2D eigenvalue weighted by Crippen LogP contribution is -1.99. The normalized spacial score (nSPS) is 10.7. The Kier molecular flexibility index (Phi) is 4.10. The van der Waals surface area contributed by atoms with Crippen molar-refractivity contribution in [3.63, 3.8) is 0 Å². The van der Waals surface area contributed by atoms with Crippen LogP contribution in [0.25, 0.3) is 0 Å². The standard InChI is InChI=1S/C17H22N2/c1-12(2)11-14-7-9-15(10-8-14)19-17-13(3)5-4-6-16(17)18/h4-10,12,19H,11,18H2,1-3H3. The zero-order valence-electron chi connectivity index (χ0n) is 11.9. The summed E-state index contributed by atoms with van der Waals surface area (Å²) in [6, 6.07) is 14.5. The number of hydrogen-bond acceptors (Lipinski definition) is 2. The van der Waals surface area contributed by atoms with Gasteiger partial charge in [-0.25, -0.2) is 0 Å². The van der Waals surface area contributed by atoms with E-state index >= 15 is 0 Å². The summed E-state index contributed by atoms with van der Waals surface area (Å²) >= 11 is 0. The topological polar surface area (TPSA) is 38.0 Å². The van der Waals surface area contributed by atoms with Gasteiger partial charge >= 0.3 is 0 Å². The van der Waals surface area contributed by atoms with Gasteiger partial charge in [-0.05, 0) is 48.6 Å². The molecular formula is C17H22N2. The van der Waals surface area contributed by atoms with Crippen LogP contribution in [-0.4, -0.2) is 0 Å². The molecule has 2 nitrogen and oxygen atoms in total. The van der Waals surface area contributed by atoms with E-state index < -0.39 is 0 Å². The van der Waals surface area contributed by atoms with Crippen LogP contribution < -0.4 is 11.1 Å². The summed E-state index contributed by atoms with van der Waals surface area (Å²) in [5, 5.41) is 3.40. The third-order valence-corrected chi connectivity index (χ3v) is 3.17. The quantitative estimate of drug-likeness (QED) is 0.787. The molecule has 19 heavy (non-hydrogen) atoms. The van der Waals surface area contributed by atoms with Gasteiger partial charge < -0.3 is 11.1 Å². The third-order valence-electron chi connectivity index (χ3n) is 3.17. The zero-order chi connectivity index (χ0) is 13.8. The van der Waals surface area contributed by atoms with E-state index in [0.29, 0.717) is 5.92 Å². The van der Waals surface area contributed by atoms with E-state index in [1.54, 1.807) is 0 Å². The van der Waals surface area contributed by atoms with Crippen molar-refractivity contribution >= 4 is 17.1 Å². The Labute approximate surface area is 115 Å². The lowest BCUT2D eigenvalue weighted by Gasteiger charge is -2.13. The molecule has 0 amide bonds. The number of hydrogen-bond donors (Lipinski definition) is 2. The van der Waals surface area contributed by atoms with Crippen LogP contribution in [0, 0.1) is 12.8 Å². The van der Waals surface area contributed by atoms with Gasteiger partial charge in [0.2, 0.25) is 0 Å². The van der Waals surface area contributed by atoms with Gasteiger partial charge in [-0.1, -0.05) is 38.1 Å². The highest BCUT2D eigenvalue weighted by atomic mass is 14.9. The van der Waals surface area contributed by atoms with E-state index in [2.05, 4.69) is 56.4 Å². The molecule has 0 radical (unpaired) electrons. The molecule has 2 aromatic rings. The molecule has 0 aliphatic rings. The summed E-state index contributed by atoms with van der Waals surface area (Å²) in [5.41, 5.74) is 11.4. The Balaban J connectivity index is 2.15. The molecule has 3 N–H and O–H groups in total. The Morgan fingerprint density at radius 1 is 1.05 bits per heavy atom. The van der Waals surface area contributed by atoms with E-state index in [9.17, 15) is 0 Å². The van der Waals surface area contributed by atoms with Gasteiger partial charge in [0.1, 0.15) is 0 Å². The predicted octanol–water partition coefficient (Wildman–Crippen LogP) is 4.52. The van der Waals surface area contributed by atoms with Crippen LogP contribution >= 0.6 is 0 Å². The average molecular weight is 254 g/mol. The molecule has 0 saturated heterocycles. The minimum Gasteiger partial charge on any atom is -0.397 e. The summed E-state index contributed by atoms with van der Waals surface area (Å²) in [7, 11) is 0. The Morgan fingerprint density at radius 3 is 2.32 bits per heavy atom. The number of nitrogens with one attached hydrogen (secondary N) is 1. The van der Waals surface area contributed by atoms with Gasteiger partial charge in [-0.15, -0.1) is 0 Å². The second-order valence-corrected chi connectivity index (χ2v) is 5.46. The summed E-state index contributed by atoms with van der Waals surface area (Å²) in [4.78, 5) is 0. The molecule has 0 unspecified atom stereocenters. The van der Waals surface area contributed by atoms with Crippen molar-refractivity contribution in [2.75, 3.05) is 11.1 Å². The molecule has 2 aromatic carbocycles. The lowest BCUT2D eigenvalue weighted by atomic mass is 10.0. The van der Waals surface area contributed by atoms with Crippen LogP contribution in [0.2, 0.25) is 0 Å². The number of nitrogens with two attached hydrogens (primary N) is 1. The molecule has 0 spiro atoms. The predicted molar refractivity (Wildman–Crippen MR) is 83.9 cm³/mol. The summed E-state index contributed by atoms with van der Waals surface area (Å²) in [6.45, 7) is 6.53. The maximum absolute atomic E-state index is 6.00. The van der Waals surface area contributed by atoms with Crippen molar-refractivity contribution in [3.05, 3.63) is 53.6 Å². The minimum absolute atomic E-state index is 0.686. The Morgan fingerprint density at radius 2 is 1.74 bits per heavy atom. The summed E-state index contributed by atoms with van der Waals surface area (Å²) in [5.74, 6) is 0.686. The molecule has 0 fully saturated rings. The highest BCUT2D eigenvalue weighted by Crippen LogP contribution is 2.26. The summed E-state index contributed by atoms with van der Waals surface area (Å²) in [6.07, 6.45) is 1.12. The fourth-order valence-electron chi connectivity index (χ4n) is 2.20. The van der Waals surface area contributed by atoms with Crippen molar-refractivity contribution < 1.29 is 0 Å². The van der Waals surface area contributed by atoms with Gasteiger partial charge in [0.05, 0.1) is 11.4 Å². The van der Waals surface area contributed by atoms with Crippen molar-refractivity contribution in [1.82, 2.24) is 0 Å². The first-order chi connectivity index (χ1) is 9.06. The van der Waals surface area contributed by atoms with E-state index in [1.807, 2.05) is 12.1 Å². The molecule has 2 rings (SSSR count). The van der Waals surface area contributed by atoms with E-state index in [0.717, 1.165) is 29.0 Å². The SMILES string of the molecule is Cc1cccc(N)c1Nc1ccc(CC(C)C)cc1. The van der Waals surface area contributed by atoms with Crippen LogP contribution in [0.15, 0.2) is 42.5 Å². The van der Waals surface area contributed by atoms with Crippen LogP contribution in [-0.2, 0) is 6.42 Å². The highest BCUT2D eigenvalue weighted by molar-refractivity contribution is 5.75. The van der Waals surface area contributed by atoms with Gasteiger partial charge in [0, 0.05) is 5.69 Å². The molecule has 100 valence electrons. The second-order valence-electron chi connectivity index (χ2n) is 5.46. The molecule has 0 atom stereocenters. The van der Waals surface area contributed by atoms with Crippen molar-refractivity contribution in [2.24, 2.45) is 5.92 Å². The molecule has 0 heterocycles. The van der Waals surface area contributed by atoms with Crippen LogP contribution in [0.3, 0.4) is 0 Å². The number of para-hydroxylation sites is 1. The first-order valence-corrected chi connectivity index (χ1v) is 6.77. The van der Waals surface area contributed by atoms with Gasteiger partial charge in [0.15, 0.2) is 0 Å². The molecule has 0 aliphatic heterocycles. The first-order valence-electron chi connectivity index (χ1n) is 6.77. The minimum atomic E-state index is 0.686. The molecule has 0 saturated carbocycles. The van der Waals surface area contributed by atoms with Crippen LogP contribution in [0.4, 0.5) is 17.1 Å². The third kappa shape index (κ3) is 3.50. The van der Waals surface area contributed by atoms with Crippen molar-refractivity contribution in [3.8, 4) is 0 Å². The summed E-state index contributed by atoms with van der Waals surface area (Å²) < 4.78 is 0. The molecule has 0 aromatic heterocycles. The van der Waals surface area contributed by atoms with Crippen molar-refractivity contribution in [2.45, 2.75) is 27.2 Å². The maximum atomic E-state index is 6.00. The monoisotopic (exact) mass is 254 g/mol. The average Bonchev–Trinajstić information content (AvgIpc) is 2.35. The molecule has 0 bridgehead atoms. The van der Waals surface area contributed by atoms with E-state index in [-0.39, 0.29) is 0 Å². The maximum Gasteiger partial charge on any atom is 0.0647 e. The first kappa shape index (κ1) is 13.5. The lowest BCUT2D eigenvalue weighted by molar-refractivity contribution is 0.647. The second kappa shape index (κ2) is 5.79. The smallest absolute Gasteiger partial charge is 0.0647 e. The van der Waals surface area contributed by atoms with E-state index in [4.69, 9.17) is 5.73 Å². The van der Waals surface area contributed by atoms with Crippen molar-refractivity contribution in [1.29, 1.82) is 0 Å². The van der Waals surface area contributed by atoms with Crippen LogP contribution in [0.5, 0.6) is 0 Å². The number of anilines is 3. The fourth-order valence-corrected chi connectivity index (χ4v) is 2.20. The number of aryl methyl sites for hydroxylation is 1. The number of nitrogen functional groups attached to an aromatic ring is 1. The fraction of sp³-hybridized carbons (Fsp3) is 0.294. The highest BCUT2D eigenvalue weighted by Gasteiger charge is 2.03. The Bertz CT molecular complexity index is 521. The molecular weight excluding hydrogens is 232 g/mol. The molecule has 0 aliphatic carbocycles. The van der Waals surface area contributed by atoms with Gasteiger partial charge in [-0.3, -0.25) is 0 Å². The number of benzene rings is 2. The Hall–Kier alpha value is -1.96. The largest absolute Gasteiger partial charge is 0.397 e. The zero-order valence-corrected chi connectivity index (χ0v) is 11.9.